The molecule has 0 unspecified atom stereocenters. The van der Waals surface area contributed by atoms with Gasteiger partial charge in [0, 0.05) is 5.56 Å². The van der Waals surface area contributed by atoms with E-state index in [4.69, 9.17) is 23.2 Å². The van der Waals surface area contributed by atoms with Gasteiger partial charge in [-0.2, -0.15) is 4.80 Å². The molecule has 0 saturated heterocycles. The molecule has 7 heteroatoms. The smallest absolute Gasteiger partial charge is 0.204 e. The number of pyridine rings is 1. The number of rotatable bonds is 3. The van der Waals surface area contributed by atoms with Crippen LogP contribution in [0.25, 0.3) is 11.4 Å². The molecule has 0 bridgehead atoms. The molecule has 0 saturated carbocycles. The molecule has 0 N–H and O–H groups in total. The van der Waals surface area contributed by atoms with Gasteiger partial charge < -0.3 is 0 Å². The van der Waals surface area contributed by atoms with Gasteiger partial charge in [-0.05, 0) is 17.3 Å². The van der Waals surface area contributed by atoms with Gasteiger partial charge in [-0.3, -0.25) is 0 Å². The molecule has 0 aliphatic heterocycles. The molecule has 20 heavy (non-hydrogen) atoms. The van der Waals surface area contributed by atoms with Crippen LogP contribution in [0.2, 0.25) is 10.2 Å². The SMILES string of the molecule is Clc1ccc(Cl)c(Cn2nnc(-c3ccccc3)n2)n1. The van der Waals surface area contributed by atoms with Crippen molar-refractivity contribution in [3.63, 3.8) is 0 Å². The van der Waals surface area contributed by atoms with Crippen molar-refractivity contribution >= 4 is 23.2 Å². The largest absolute Gasteiger partial charge is 0.238 e. The molecular weight excluding hydrogens is 297 g/mol. The number of halogens is 2. The highest BCUT2D eigenvalue weighted by Gasteiger charge is 2.09. The minimum absolute atomic E-state index is 0.319. The van der Waals surface area contributed by atoms with E-state index < -0.39 is 0 Å². The Morgan fingerprint density at radius 3 is 2.60 bits per heavy atom. The molecule has 2 heterocycles. The number of hydrogen-bond acceptors (Lipinski definition) is 4. The first-order valence-corrected chi connectivity index (χ1v) is 6.62. The lowest BCUT2D eigenvalue weighted by atomic mass is 10.2. The average Bonchev–Trinajstić information content (AvgIpc) is 2.92. The van der Waals surface area contributed by atoms with E-state index >= 15 is 0 Å². The Bertz CT molecular complexity index is 727. The molecule has 0 fully saturated rings. The summed E-state index contributed by atoms with van der Waals surface area (Å²) in [4.78, 5) is 5.59. The van der Waals surface area contributed by atoms with Crippen molar-refractivity contribution in [1.29, 1.82) is 0 Å². The lowest BCUT2D eigenvalue weighted by Gasteiger charge is -2.02. The summed E-state index contributed by atoms with van der Waals surface area (Å²) in [6.07, 6.45) is 0. The molecular formula is C13H9Cl2N5. The summed E-state index contributed by atoms with van der Waals surface area (Å²) in [7, 11) is 0. The zero-order valence-corrected chi connectivity index (χ0v) is 11.8. The lowest BCUT2D eigenvalue weighted by molar-refractivity contribution is 0.564. The Labute approximate surface area is 125 Å². The molecule has 2 aromatic heterocycles. The molecule has 3 rings (SSSR count). The van der Waals surface area contributed by atoms with Crippen molar-refractivity contribution in [2.24, 2.45) is 0 Å². The van der Waals surface area contributed by atoms with Gasteiger partial charge in [0.05, 0.1) is 10.7 Å². The predicted molar refractivity (Wildman–Crippen MR) is 76.6 cm³/mol. The van der Waals surface area contributed by atoms with Crippen LogP contribution in [0, 0.1) is 0 Å². The predicted octanol–water partition coefficient (Wildman–Crippen LogP) is 3.09. The molecule has 5 nitrogen and oxygen atoms in total. The maximum atomic E-state index is 6.06. The summed E-state index contributed by atoms with van der Waals surface area (Å²) in [6, 6.07) is 13.0. The number of tetrazole rings is 1. The fourth-order valence-electron chi connectivity index (χ4n) is 1.72. The van der Waals surface area contributed by atoms with Crippen LogP contribution in [-0.4, -0.2) is 25.2 Å². The van der Waals surface area contributed by atoms with Gasteiger partial charge >= 0.3 is 0 Å². The van der Waals surface area contributed by atoms with Crippen molar-refractivity contribution in [3.05, 3.63) is 58.3 Å². The van der Waals surface area contributed by atoms with Crippen molar-refractivity contribution < 1.29 is 0 Å². The highest BCUT2D eigenvalue weighted by Crippen LogP contribution is 2.18. The second-order valence-corrected chi connectivity index (χ2v) is 4.87. The molecule has 0 aliphatic carbocycles. The molecule has 1 aromatic carbocycles. The maximum Gasteiger partial charge on any atom is 0.204 e. The summed E-state index contributed by atoms with van der Waals surface area (Å²) >= 11 is 11.9. The molecule has 3 aromatic rings. The monoisotopic (exact) mass is 305 g/mol. The zero-order chi connectivity index (χ0) is 13.9. The van der Waals surface area contributed by atoms with Gasteiger partial charge in [0.2, 0.25) is 5.82 Å². The normalized spacial score (nSPS) is 10.7. The molecule has 0 amide bonds. The Balaban J connectivity index is 1.86. The van der Waals surface area contributed by atoms with Crippen LogP contribution in [0.5, 0.6) is 0 Å². The molecule has 0 atom stereocenters. The van der Waals surface area contributed by atoms with Crippen LogP contribution in [0.3, 0.4) is 0 Å². The maximum absolute atomic E-state index is 6.06. The third kappa shape index (κ3) is 2.79. The van der Waals surface area contributed by atoms with E-state index in [2.05, 4.69) is 20.4 Å². The summed E-state index contributed by atoms with van der Waals surface area (Å²) in [5.74, 6) is 0.559. The summed E-state index contributed by atoms with van der Waals surface area (Å²) in [5, 5.41) is 13.2. The molecule has 0 aliphatic rings. The summed E-state index contributed by atoms with van der Waals surface area (Å²) < 4.78 is 0. The van der Waals surface area contributed by atoms with E-state index in [-0.39, 0.29) is 0 Å². The Kier molecular flexibility index (Phi) is 3.62. The Morgan fingerprint density at radius 2 is 1.80 bits per heavy atom. The number of benzene rings is 1. The number of hydrogen-bond donors (Lipinski definition) is 0. The lowest BCUT2D eigenvalue weighted by Crippen LogP contribution is -2.06. The van der Waals surface area contributed by atoms with Crippen LogP contribution in [0.15, 0.2) is 42.5 Å². The summed E-state index contributed by atoms with van der Waals surface area (Å²) in [6.45, 7) is 0.319. The second kappa shape index (κ2) is 5.56. The van der Waals surface area contributed by atoms with Gasteiger partial charge in [0.15, 0.2) is 0 Å². The van der Waals surface area contributed by atoms with E-state index in [0.29, 0.717) is 28.2 Å². The van der Waals surface area contributed by atoms with Crippen LogP contribution in [-0.2, 0) is 6.54 Å². The quantitative estimate of drug-likeness (QED) is 0.698. The van der Waals surface area contributed by atoms with Crippen LogP contribution < -0.4 is 0 Å². The standard InChI is InChI=1S/C13H9Cl2N5/c14-10-6-7-12(15)16-11(10)8-20-18-13(17-19-20)9-4-2-1-3-5-9/h1-7H,8H2. The molecule has 0 spiro atoms. The second-order valence-electron chi connectivity index (χ2n) is 4.07. The van der Waals surface area contributed by atoms with E-state index in [1.54, 1.807) is 12.1 Å². The van der Waals surface area contributed by atoms with E-state index in [1.807, 2.05) is 30.3 Å². The van der Waals surface area contributed by atoms with Crippen LogP contribution in [0.4, 0.5) is 0 Å². The van der Waals surface area contributed by atoms with Gasteiger partial charge in [-0.15, -0.1) is 10.2 Å². The van der Waals surface area contributed by atoms with Gasteiger partial charge in [-0.25, -0.2) is 4.98 Å². The Hall–Kier alpha value is -1.98. The van der Waals surface area contributed by atoms with Crippen molar-refractivity contribution in [1.82, 2.24) is 25.2 Å². The fourth-order valence-corrected chi connectivity index (χ4v) is 2.05. The van der Waals surface area contributed by atoms with Crippen LogP contribution >= 0.6 is 23.2 Å². The van der Waals surface area contributed by atoms with E-state index in [9.17, 15) is 0 Å². The third-order valence-electron chi connectivity index (χ3n) is 2.66. The van der Waals surface area contributed by atoms with Gasteiger partial charge in [0.25, 0.3) is 0 Å². The molecule has 100 valence electrons. The number of nitrogens with zero attached hydrogens (tertiary/aromatic N) is 5. The van der Waals surface area contributed by atoms with Crippen LogP contribution in [0.1, 0.15) is 5.69 Å². The highest BCUT2D eigenvalue weighted by atomic mass is 35.5. The topological polar surface area (TPSA) is 56.5 Å². The highest BCUT2D eigenvalue weighted by molar-refractivity contribution is 6.32. The van der Waals surface area contributed by atoms with Gasteiger partial charge in [-0.1, -0.05) is 53.5 Å². The Morgan fingerprint density at radius 1 is 1.00 bits per heavy atom. The minimum Gasteiger partial charge on any atom is -0.238 e. The first kappa shape index (κ1) is 13.0. The minimum atomic E-state index is 0.319. The van der Waals surface area contributed by atoms with Gasteiger partial charge in [0.1, 0.15) is 11.7 Å². The zero-order valence-electron chi connectivity index (χ0n) is 10.2. The summed E-state index contributed by atoms with van der Waals surface area (Å²) in [5.41, 5.74) is 1.51. The van der Waals surface area contributed by atoms with Crippen molar-refractivity contribution in [2.45, 2.75) is 6.54 Å². The van der Waals surface area contributed by atoms with E-state index in [0.717, 1.165) is 5.56 Å². The average molecular weight is 306 g/mol. The first-order chi connectivity index (χ1) is 9.72. The van der Waals surface area contributed by atoms with Crippen molar-refractivity contribution in [2.75, 3.05) is 0 Å². The molecule has 0 radical (unpaired) electrons. The third-order valence-corrected chi connectivity index (χ3v) is 3.22. The number of aromatic nitrogens is 5. The fraction of sp³-hybridized carbons (Fsp3) is 0.0769. The first-order valence-electron chi connectivity index (χ1n) is 5.86. The van der Waals surface area contributed by atoms with E-state index in [1.165, 1.54) is 4.80 Å². The van der Waals surface area contributed by atoms with Crippen molar-refractivity contribution in [3.8, 4) is 11.4 Å².